The second kappa shape index (κ2) is 21.5. The van der Waals surface area contributed by atoms with E-state index in [9.17, 15) is 0 Å². The van der Waals surface area contributed by atoms with Crippen molar-refractivity contribution in [1.82, 2.24) is 9.13 Å². The highest BCUT2D eigenvalue weighted by molar-refractivity contribution is 6.33. The third kappa shape index (κ3) is 9.06. The van der Waals surface area contributed by atoms with Crippen LogP contribution in [0, 0.1) is 0 Å². The molecular weight excluding hydrogens is 821 g/mol. The fourth-order valence-corrected chi connectivity index (χ4v) is 11.1. The summed E-state index contributed by atoms with van der Waals surface area (Å²) in [7, 11) is 0. The molecular formula is C66H70N2. The maximum Gasteiger partial charge on any atom is 0.0512 e. The summed E-state index contributed by atoms with van der Waals surface area (Å²) in [5.41, 5.74) is 11.0. The number of aryl methyl sites for hydroxylation is 2. The molecule has 2 heteroatoms. The maximum absolute atomic E-state index is 2.56. The highest BCUT2D eigenvalue weighted by atomic mass is 15.0. The minimum atomic E-state index is 0.335. The third-order valence-electron chi connectivity index (χ3n) is 14.6. The van der Waals surface area contributed by atoms with E-state index in [2.05, 4.69) is 219 Å². The average molecular weight is 891 g/mol. The number of rotatable bonds is 15. The molecule has 2 unspecified atom stereocenters. The van der Waals surface area contributed by atoms with Crippen LogP contribution in [0.25, 0.3) is 76.2 Å². The second-order valence-electron chi connectivity index (χ2n) is 18.7. The van der Waals surface area contributed by atoms with Gasteiger partial charge in [0.1, 0.15) is 0 Å². The molecule has 0 N–H and O–H groups in total. The van der Waals surface area contributed by atoms with Gasteiger partial charge in [0.15, 0.2) is 0 Å². The van der Waals surface area contributed by atoms with Crippen LogP contribution in [0.15, 0.2) is 182 Å². The lowest BCUT2D eigenvalue weighted by Crippen LogP contribution is -2.00. The van der Waals surface area contributed by atoms with Crippen LogP contribution in [0.4, 0.5) is 0 Å². The highest BCUT2D eigenvalue weighted by Crippen LogP contribution is 2.45. The average Bonchev–Trinajstić information content (AvgIpc) is 3.96. The Balaban J connectivity index is 0.000000167. The van der Waals surface area contributed by atoms with Crippen LogP contribution in [0.2, 0.25) is 0 Å². The van der Waals surface area contributed by atoms with Crippen LogP contribution in [0.3, 0.4) is 0 Å². The zero-order valence-electron chi connectivity index (χ0n) is 41.4. The van der Waals surface area contributed by atoms with Crippen LogP contribution < -0.4 is 0 Å². The van der Waals surface area contributed by atoms with Crippen LogP contribution in [-0.2, 0) is 13.1 Å². The van der Waals surface area contributed by atoms with Gasteiger partial charge in [-0.3, -0.25) is 0 Å². The van der Waals surface area contributed by atoms with Gasteiger partial charge >= 0.3 is 0 Å². The second-order valence-corrected chi connectivity index (χ2v) is 18.7. The van der Waals surface area contributed by atoms with Crippen LogP contribution >= 0.6 is 0 Å². The van der Waals surface area contributed by atoms with Crippen molar-refractivity contribution < 1.29 is 0 Å². The molecule has 0 aliphatic rings. The molecule has 0 saturated carbocycles. The Morgan fingerprint density at radius 3 is 1.41 bits per heavy atom. The van der Waals surface area contributed by atoms with E-state index in [1.807, 2.05) is 13.8 Å². The van der Waals surface area contributed by atoms with Gasteiger partial charge in [-0.25, -0.2) is 0 Å². The summed E-state index contributed by atoms with van der Waals surface area (Å²) in [4.78, 5) is 0. The summed E-state index contributed by atoms with van der Waals surface area (Å²) < 4.78 is 5.05. The molecule has 0 aliphatic carbocycles. The first kappa shape index (κ1) is 46.5. The molecule has 68 heavy (non-hydrogen) atoms. The number of benzene rings is 9. The monoisotopic (exact) mass is 891 g/mol. The van der Waals surface area contributed by atoms with E-state index in [-0.39, 0.29) is 0 Å². The lowest BCUT2D eigenvalue weighted by Gasteiger charge is -2.21. The fourth-order valence-electron chi connectivity index (χ4n) is 11.1. The molecule has 11 aromatic rings. The Morgan fingerprint density at radius 2 is 0.853 bits per heavy atom. The van der Waals surface area contributed by atoms with Crippen LogP contribution in [0.5, 0.6) is 0 Å². The van der Waals surface area contributed by atoms with Gasteiger partial charge < -0.3 is 9.13 Å². The molecule has 344 valence electrons. The van der Waals surface area contributed by atoms with Gasteiger partial charge in [-0.05, 0) is 96.4 Å². The van der Waals surface area contributed by atoms with Gasteiger partial charge in [-0.2, -0.15) is 0 Å². The Labute approximate surface area is 405 Å². The van der Waals surface area contributed by atoms with Gasteiger partial charge in [-0.1, -0.05) is 238 Å². The SMILES string of the molecule is CC.CC(c1ccccc1)c1ccc2c3cccc4c(C(C)c5ccccc5)ccc(c5cccc1c52)c43.CCCCCCn1cc(-c2cc3ccccc3n2CCCCCC)c2ccccc21. The standard InChI is InChI=1S/C36H28.C28H36N2.C2H6/c1-23(25-11-5-3-6-12-25)27-19-21-33-32-18-10-16-30-28(24(2)26-13-7-4-8-14-26)20-22-34(36(30)32)31-17-9-15-29(27)35(31)33;1-3-5-7-13-19-29-22-25(24-16-10-12-18-27(24)29)28-21-23-15-9-11-17-26(23)30(28)20-14-8-6-4-2;1-2/h3-24H,1-2H3;9-12,15-18,21-22H,3-8,13-14,19-20H2,1-2H3;1-2H3. The minimum Gasteiger partial charge on any atom is -0.347 e. The lowest BCUT2D eigenvalue weighted by molar-refractivity contribution is 0.592. The smallest absolute Gasteiger partial charge is 0.0512 e. The topological polar surface area (TPSA) is 9.86 Å². The van der Waals surface area contributed by atoms with Gasteiger partial charge in [0.25, 0.3) is 0 Å². The predicted molar refractivity (Wildman–Crippen MR) is 298 cm³/mol. The molecule has 2 nitrogen and oxygen atoms in total. The van der Waals surface area contributed by atoms with E-state index in [1.165, 1.54) is 150 Å². The Bertz CT molecular complexity index is 3210. The molecule has 11 rings (SSSR count). The third-order valence-corrected chi connectivity index (χ3v) is 14.6. The maximum atomic E-state index is 2.56. The molecule has 0 bridgehead atoms. The summed E-state index contributed by atoms with van der Waals surface area (Å²) in [5.74, 6) is 0.670. The van der Waals surface area contributed by atoms with Gasteiger partial charge in [0.05, 0.1) is 5.69 Å². The first-order valence-corrected chi connectivity index (χ1v) is 25.9. The number of fused-ring (bicyclic) bond motifs is 4. The number of hydrogen-bond acceptors (Lipinski definition) is 0. The van der Waals surface area contributed by atoms with Crippen LogP contribution in [-0.4, -0.2) is 9.13 Å². The van der Waals surface area contributed by atoms with Crippen molar-refractivity contribution in [1.29, 1.82) is 0 Å². The predicted octanol–water partition coefficient (Wildman–Crippen LogP) is 19.5. The van der Waals surface area contributed by atoms with Crippen molar-refractivity contribution in [3.63, 3.8) is 0 Å². The summed E-state index contributed by atoms with van der Waals surface area (Å²) in [6, 6.07) is 65.1. The lowest BCUT2D eigenvalue weighted by atomic mass is 9.82. The summed E-state index contributed by atoms with van der Waals surface area (Å²) >= 11 is 0. The zero-order chi connectivity index (χ0) is 47.0. The summed E-state index contributed by atoms with van der Waals surface area (Å²) in [5, 5.41) is 13.7. The van der Waals surface area contributed by atoms with E-state index < -0.39 is 0 Å². The molecule has 2 aromatic heterocycles. The molecule has 0 aliphatic heterocycles. The molecule has 0 saturated heterocycles. The van der Waals surface area contributed by atoms with Gasteiger partial charge in [0, 0.05) is 58.5 Å². The van der Waals surface area contributed by atoms with E-state index >= 15 is 0 Å². The molecule has 0 amide bonds. The van der Waals surface area contributed by atoms with Crippen molar-refractivity contribution in [3.05, 3.63) is 204 Å². The number of unbranched alkanes of at least 4 members (excludes halogenated alkanes) is 6. The van der Waals surface area contributed by atoms with Crippen molar-refractivity contribution in [2.24, 2.45) is 0 Å². The quantitative estimate of drug-likeness (QED) is 0.0551. The number of hydrogen-bond donors (Lipinski definition) is 0. The van der Waals surface area contributed by atoms with E-state index in [4.69, 9.17) is 0 Å². The minimum absolute atomic E-state index is 0.335. The Hall–Kier alpha value is -6.64. The molecule has 0 spiro atoms. The molecule has 2 heterocycles. The number of aromatic nitrogens is 2. The van der Waals surface area contributed by atoms with E-state index in [0.717, 1.165) is 13.1 Å². The van der Waals surface area contributed by atoms with Crippen molar-refractivity contribution in [2.45, 2.75) is 118 Å². The Kier molecular flexibility index (Phi) is 14.7. The Morgan fingerprint density at radius 1 is 0.397 bits per heavy atom. The fraction of sp³-hybridized carbons (Fsp3) is 0.273. The number of para-hydroxylation sites is 2. The molecule has 0 radical (unpaired) electrons. The van der Waals surface area contributed by atoms with E-state index in [1.54, 1.807) is 0 Å². The zero-order valence-corrected chi connectivity index (χ0v) is 41.4. The van der Waals surface area contributed by atoms with Crippen molar-refractivity contribution in [3.8, 4) is 11.3 Å². The summed E-state index contributed by atoms with van der Waals surface area (Å²) in [6.45, 7) is 15.4. The first-order chi connectivity index (χ1) is 33.6. The van der Waals surface area contributed by atoms with Crippen LogP contribution in [0.1, 0.15) is 127 Å². The normalized spacial score (nSPS) is 12.4. The highest BCUT2D eigenvalue weighted by Gasteiger charge is 2.21. The van der Waals surface area contributed by atoms with Crippen molar-refractivity contribution in [2.75, 3.05) is 0 Å². The molecule has 0 fully saturated rings. The largest absolute Gasteiger partial charge is 0.347 e. The first-order valence-electron chi connectivity index (χ1n) is 25.9. The van der Waals surface area contributed by atoms with Crippen molar-refractivity contribution >= 4 is 64.9 Å². The van der Waals surface area contributed by atoms with E-state index in [0.29, 0.717) is 11.8 Å². The molecule has 2 atom stereocenters. The van der Waals surface area contributed by atoms with Gasteiger partial charge in [0.2, 0.25) is 0 Å². The summed E-state index contributed by atoms with van der Waals surface area (Å²) in [6.07, 6.45) is 12.8. The molecule has 9 aromatic carbocycles. The number of nitrogens with zero attached hydrogens (tertiary/aromatic N) is 2. The van der Waals surface area contributed by atoms with Gasteiger partial charge in [-0.15, -0.1) is 0 Å².